The summed E-state index contributed by atoms with van der Waals surface area (Å²) in [7, 11) is 0. The van der Waals surface area contributed by atoms with Gasteiger partial charge in [-0.3, -0.25) is 0 Å². The number of aromatic nitrogens is 2. The zero-order chi connectivity index (χ0) is 17.9. The Morgan fingerprint density at radius 1 is 1.38 bits per heavy atom. The highest BCUT2D eigenvalue weighted by Gasteiger charge is 2.21. The molecule has 1 N–H and O–H groups in total. The molecule has 0 aliphatic heterocycles. The second-order valence-electron chi connectivity index (χ2n) is 5.99. The van der Waals surface area contributed by atoms with E-state index in [1.54, 1.807) is 41.5 Å². The van der Waals surface area contributed by atoms with Gasteiger partial charge < -0.3 is 9.67 Å². The van der Waals surface area contributed by atoms with Gasteiger partial charge in [0.2, 0.25) is 0 Å². The van der Waals surface area contributed by atoms with Gasteiger partial charge in [0.1, 0.15) is 0 Å². The van der Waals surface area contributed by atoms with Gasteiger partial charge in [-0.05, 0) is 43.0 Å². The van der Waals surface area contributed by atoms with E-state index in [2.05, 4.69) is 18.8 Å². The van der Waals surface area contributed by atoms with E-state index in [9.17, 15) is 9.90 Å². The summed E-state index contributed by atoms with van der Waals surface area (Å²) in [4.78, 5) is 16.1. The van der Waals surface area contributed by atoms with Gasteiger partial charge in [-0.1, -0.05) is 48.8 Å². The fourth-order valence-electron chi connectivity index (χ4n) is 2.30. The molecule has 0 bridgehead atoms. The van der Waals surface area contributed by atoms with E-state index < -0.39 is 5.97 Å². The van der Waals surface area contributed by atoms with Crippen LogP contribution < -0.4 is 0 Å². The molecule has 1 aromatic heterocycles. The van der Waals surface area contributed by atoms with Gasteiger partial charge in [-0.25, -0.2) is 9.78 Å². The predicted molar refractivity (Wildman–Crippen MR) is 99.7 cm³/mol. The van der Waals surface area contributed by atoms with Crippen LogP contribution in [0, 0.1) is 12.8 Å². The lowest BCUT2D eigenvalue weighted by atomic mass is 10.2. The number of aryl methyl sites for hydroxylation is 1. The number of hydrogen-bond acceptors (Lipinski definition) is 3. The molecule has 2 rings (SSSR count). The third-order valence-electron chi connectivity index (χ3n) is 3.57. The van der Waals surface area contributed by atoms with Crippen molar-refractivity contribution in [3.05, 3.63) is 45.2 Å². The number of imidazole rings is 1. The monoisotopic (exact) mass is 386 g/mol. The number of hydrogen-bond donors (Lipinski definition) is 1. The number of rotatable bonds is 7. The van der Waals surface area contributed by atoms with Crippen LogP contribution in [-0.2, 0) is 6.54 Å². The highest BCUT2D eigenvalue weighted by molar-refractivity contribution is 7.99. The molecule has 0 aliphatic rings. The molecular weight excluding hydrogens is 367 g/mol. The van der Waals surface area contributed by atoms with Gasteiger partial charge in [-0.2, -0.15) is 0 Å². The number of carboxylic acids is 1. The smallest absolute Gasteiger partial charge is 0.354 e. The first-order valence-electron chi connectivity index (χ1n) is 7.66. The highest BCUT2D eigenvalue weighted by atomic mass is 35.5. The predicted octanol–water partition coefficient (Wildman–Crippen LogP) is 5.38. The second-order valence-corrected chi connectivity index (χ2v) is 7.89. The van der Waals surface area contributed by atoms with Gasteiger partial charge >= 0.3 is 5.97 Å². The van der Waals surface area contributed by atoms with Crippen LogP contribution in [-0.4, -0.2) is 26.4 Å². The van der Waals surface area contributed by atoms with Crippen molar-refractivity contribution in [2.45, 2.75) is 38.9 Å². The minimum Gasteiger partial charge on any atom is -0.477 e. The lowest BCUT2D eigenvalue weighted by molar-refractivity contribution is 0.0684. The fraction of sp³-hybridized carbons (Fsp3) is 0.412. The summed E-state index contributed by atoms with van der Waals surface area (Å²) in [6.07, 6.45) is 1.04. The van der Waals surface area contributed by atoms with Crippen molar-refractivity contribution in [1.82, 2.24) is 9.55 Å². The molecular formula is C17H20Cl2N2O2S. The molecule has 24 heavy (non-hydrogen) atoms. The van der Waals surface area contributed by atoms with Crippen molar-refractivity contribution in [2.24, 2.45) is 5.92 Å². The van der Waals surface area contributed by atoms with Crippen molar-refractivity contribution in [3.63, 3.8) is 0 Å². The van der Waals surface area contributed by atoms with E-state index in [0.29, 0.717) is 33.4 Å². The summed E-state index contributed by atoms with van der Waals surface area (Å²) in [5.41, 5.74) is 1.47. The first-order chi connectivity index (χ1) is 11.3. The van der Waals surface area contributed by atoms with Gasteiger partial charge in [0.15, 0.2) is 10.9 Å². The van der Waals surface area contributed by atoms with E-state index in [1.807, 2.05) is 0 Å². The van der Waals surface area contributed by atoms with E-state index in [4.69, 9.17) is 23.2 Å². The summed E-state index contributed by atoms with van der Waals surface area (Å²) in [5.74, 6) is 0.480. The maximum absolute atomic E-state index is 11.7. The molecule has 0 radical (unpaired) electrons. The second kappa shape index (κ2) is 8.28. The number of thioether (sulfide) groups is 1. The number of nitrogens with zero attached hydrogens (tertiary/aromatic N) is 2. The fourth-order valence-corrected chi connectivity index (χ4v) is 3.95. The van der Waals surface area contributed by atoms with Crippen molar-refractivity contribution in [1.29, 1.82) is 0 Å². The van der Waals surface area contributed by atoms with E-state index in [0.717, 1.165) is 17.7 Å². The number of aromatic carboxylic acids is 1. The van der Waals surface area contributed by atoms with Crippen LogP contribution in [0.5, 0.6) is 0 Å². The van der Waals surface area contributed by atoms with Crippen LogP contribution >= 0.6 is 35.0 Å². The Morgan fingerprint density at radius 2 is 2.08 bits per heavy atom. The Kier molecular flexibility index (Phi) is 6.61. The van der Waals surface area contributed by atoms with Crippen LogP contribution in [0.4, 0.5) is 0 Å². The Hall–Kier alpha value is -1.17. The molecule has 1 aromatic carbocycles. The minimum atomic E-state index is -0.992. The average molecular weight is 387 g/mol. The summed E-state index contributed by atoms with van der Waals surface area (Å²) < 4.78 is 1.71. The molecule has 0 fully saturated rings. The maximum Gasteiger partial charge on any atom is 0.354 e. The summed E-state index contributed by atoms with van der Waals surface area (Å²) in [5, 5.41) is 11.4. The quantitative estimate of drug-likeness (QED) is 0.648. The molecule has 1 heterocycles. The van der Waals surface area contributed by atoms with Crippen LogP contribution in [0.2, 0.25) is 10.0 Å². The molecule has 7 heteroatoms. The zero-order valence-electron chi connectivity index (χ0n) is 13.8. The van der Waals surface area contributed by atoms with E-state index >= 15 is 0 Å². The molecule has 0 spiro atoms. The van der Waals surface area contributed by atoms with Crippen LogP contribution in [0.25, 0.3) is 0 Å². The van der Waals surface area contributed by atoms with Crippen LogP contribution in [0.1, 0.15) is 42.0 Å². The first kappa shape index (κ1) is 19.2. The van der Waals surface area contributed by atoms with E-state index in [1.165, 1.54) is 0 Å². The summed E-state index contributed by atoms with van der Waals surface area (Å²) >= 11 is 13.8. The van der Waals surface area contributed by atoms with Gasteiger partial charge in [-0.15, -0.1) is 0 Å². The third kappa shape index (κ3) is 4.68. The molecule has 2 aromatic rings. The number of benzene rings is 1. The Morgan fingerprint density at radius 3 is 2.71 bits per heavy atom. The number of carboxylic acid groups (broad SMARTS) is 1. The Bertz CT molecular complexity index is 744. The van der Waals surface area contributed by atoms with Crippen molar-refractivity contribution < 1.29 is 9.90 Å². The first-order valence-corrected chi connectivity index (χ1v) is 9.41. The van der Waals surface area contributed by atoms with Gasteiger partial charge in [0.05, 0.1) is 12.2 Å². The van der Waals surface area contributed by atoms with Crippen LogP contribution in [0.15, 0.2) is 23.4 Å². The largest absolute Gasteiger partial charge is 0.477 e. The standard InChI is InChI=1S/C17H20Cl2N2O2S/c1-10(2)6-7-24-17-20-11(3)15(16(22)23)21(17)9-12-8-13(18)4-5-14(12)19/h4-5,8,10H,6-7,9H2,1-3H3,(H,22,23). The Labute approximate surface area is 156 Å². The third-order valence-corrected chi connectivity index (χ3v) is 5.19. The SMILES string of the molecule is Cc1nc(SCCC(C)C)n(Cc2cc(Cl)ccc2Cl)c1C(=O)O. The Balaban J connectivity index is 2.37. The molecule has 4 nitrogen and oxygen atoms in total. The molecule has 0 amide bonds. The summed E-state index contributed by atoms with van der Waals surface area (Å²) in [6.45, 7) is 6.36. The number of halogens is 2. The average Bonchev–Trinajstić information content (AvgIpc) is 2.78. The van der Waals surface area contributed by atoms with Gasteiger partial charge in [0, 0.05) is 15.8 Å². The maximum atomic E-state index is 11.7. The van der Waals surface area contributed by atoms with Crippen LogP contribution in [0.3, 0.4) is 0 Å². The minimum absolute atomic E-state index is 0.193. The van der Waals surface area contributed by atoms with Crippen molar-refractivity contribution in [3.8, 4) is 0 Å². The molecule has 0 aliphatic carbocycles. The molecule has 130 valence electrons. The normalized spacial score (nSPS) is 11.2. The molecule has 0 atom stereocenters. The van der Waals surface area contributed by atoms with E-state index in [-0.39, 0.29) is 5.69 Å². The lowest BCUT2D eigenvalue weighted by Gasteiger charge is -2.12. The highest BCUT2D eigenvalue weighted by Crippen LogP contribution is 2.27. The lowest BCUT2D eigenvalue weighted by Crippen LogP contribution is -2.12. The molecule has 0 saturated heterocycles. The number of carbonyl (C=O) groups is 1. The van der Waals surface area contributed by atoms with Gasteiger partial charge in [0.25, 0.3) is 0 Å². The van der Waals surface area contributed by atoms with Crippen molar-refractivity contribution in [2.75, 3.05) is 5.75 Å². The molecule has 0 saturated carbocycles. The van der Waals surface area contributed by atoms with Crippen molar-refractivity contribution >= 4 is 40.9 Å². The summed E-state index contributed by atoms with van der Waals surface area (Å²) in [6, 6.07) is 5.19. The zero-order valence-corrected chi connectivity index (χ0v) is 16.2. The topological polar surface area (TPSA) is 55.1 Å². The molecule has 0 unspecified atom stereocenters.